The zero-order valence-electron chi connectivity index (χ0n) is 17.0. The summed E-state index contributed by atoms with van der Waals surface area (Å²) in [6.07, 6.45) is 0. The highest BCUT2D eigenvalue weighted by Crippen LogP contribution is 2.35. The van der Waals surface area contributed by atoms with Gasteiger partial charge in [-0.25, -0.2) is 12.8 Å². The summed E-state index contributed by atoms with van der Waals surface area (Å²) in [5.74, 6) is 0.203. The molecule has 0 amide bonds. The van der Waals surface area contributed by atoms with E-state index in [1.807, 2.05) is 30.3 Å². The third-order valence-corrected chi connectivity index (χ3v) is 6.56. The quantitative estimate of drug-likeness (QED) is 0.485. The average Bonchev–Trinajstić information content (AvgIpc) is 2.72. The molecule has 0 saturated heterocycles. The predicted molar refractivity (Wildman–Crippen MR) is 111 cm³/mol. The minimum atomic E-state index is -3.94. The van der Waals surface area contributed by atoms with E-state index in [0.29, 0.717) is 23.7 Å². The lowest BCUT2D eigenvalue weighted by Crippen LogP contribution is -2.10. The standard InChI is InChI=1S/C23H23FO5S/c1-16-11-19(24)12-18(15-27-2)23(16)30(25,26)20-9-10-21(22(13-20)28-3)29-14-17-7-5-4-6-8-17/h4-13H,14-15H2,1-3H3. The maximum atomic E-state index is 13.8. The second-order valence-corrected chi connectivity index (χ2v) is 8.62. The van der Waals surface area contributed by atoms with Crippen molar-refractivity contribution >= 4 is 9.84 Å². The molecule has 0 aliphatic carbocycles. The van der Waals surface area contributed by atoms with Gasteiger partial charge in [-0.15, -0.1) is 0 Å². The summed E-state index contributed by atoms with van der Waals surface area (Å²) in [5, 5.41) is 0. The SMILES string of the molecule is COCc1cc(F)cc(C)c1S(=O)(=O)c1ccc(OCc2ccccc2)c(OC)c1. The molecule has 0 atom stereocenters. The monoisotopic (exact) mass is 430 g/mol. The molecule has 0 bridgehead atoms. The number of methoxy groups -OCH3 is 2. The van der Waals surface area contributed by atoms with Crippen LogP contribution in [0.25, 0.3) is 0 Å². The Balaban J connectivity index is 1.98. The van der Waals surface area contributed by atoms with Crippen molar-refractivity contribution in [2.24, 2.45) is 0 Å². The molecule has 0 radical (unpaired) electrons. The molecule has 0 aliphatic heterocycles. The molecule has 7 heteroatoms. The molecule has 0 spiro atoms. The molecule has 3 aromatic rings. The maximum Gasteiger partial charge on any atom is 0.207 e. The van der Waals surface area contributed by atoms with Gasteiger partial charge in [0.2, 0.25) is 9.84 Å². The summed E-state index contributed by atoms with van der Waals surface area (Å²) in [5.41, 5.74) is 1.55. The first-order chi connectivity index (χ1) is 14.4. The molecular formula is C23H23FO5S. The van der Waals surface area contributed by atoms with Crippen molar-refractivity contribution in [1.82, 2.24) is 0 Å². The Morgan fingerprint density at radius 3 is 2.30 bits per heavy atom. The van der Waals surface area contributed by atoms with Gasteiger partial charge in [0, 0.05) is 13.2 Å². The van der Waals surface area contributed by atoms with Crippen molar-refractivity contribution < 1.29 is 27.0 Å². The zero-order valence-corrected chi connectivity index (χ0v) is 17.8. The number of rotatable bonds is 8. The highest BCUT2D eigenvalue weighted by atomic mass is 32.2. The van der Waals surface area contributed by atoms with Crippen LogP contribution in [0.5, 0.6) is 11.5 Å². The van der Waals surface area contributed by atoms with E-state index >= 15 is 0 Å². The molecule has 3 rings (SSSR count). The van der Waals surface area contributed by atoms with Crippen molar-refractivity contribution in [3.05, 3.63) is 83.2 Å². The normalized spacial score (nSPS) is 11.3. The molecule has 0 unspecified atom stereocenters. The van der Waals surface area contributed by atoms with Crippen LogP contribution in [-0.4, -0.2) is 22.6 Å². The van der Waals surface area contributed by atoms with Crippen LogP contribution in [0, 0.1) is 12.7 Å². The van der Waals surface area contributed by atoms with Crippen LogP contribution >= 0.6 is 0 Å². The Hall–Kier alpha value is -2.90. The van der Waals surface area contributed by atoms with Crippen LogP contribution in [0.1, 0.15) is 16.7 Å². The summed E-state index contributed by atoms with van der Waals surface area (Å²) in [6.45, 7) is 1.85. The maximum absolute atomic E-state index is 13.8. The first-order valence-electron chi connectivity index (χ1n) is 9.24. The lowest BCUT2D eigenvalue weighted by Gasteiger charge is -2.16. The van der Waals surface area contributed by atoms with E-state index in [1.165, 1.54) is 38.5 Å². The molecule has 0 N–H and O–H groups in total. The second-order valence-electron chi connectivity index (χ2n) is 6.73. The Morgan fingerprint density at radius 2 is 1.63 bits per heavy atom. The van der Waals surface area contributed by atoms with E-state index in [2.05, 4.69) is 0 Å². The number of ether oxygens (including phenoxy) is 3. The van der Waals surface area contributed by atoms with Gasteiger partial charge in [0.05, 0.1) is 23.5 Å². The van der Waals surface area contributed by atoms with Gasteiger partial charge in [0.15, 0.2) is 11.5 Å². The smallest absolute Gasteiger partial charge is 0.207 e. The van der Waals surface area contributed by atoms with E-state index in [9.17, 15) is 12.8 Å². The van der Waals surface area contributed by atoms with Crippen molar-refractivity contribution in [1.29, 1.82) is 0 Å². The van der Waals surface area contributed by atoms with E-state index in [1.54, 1.807) is 13.0 Å². The molecule has 0 saturated carbocycles. The lowest BCUT2D eigenvalue weighted by atomic mass is 10.1. The fraction of sp³-hybridized carbons (Fsp3) is 0.217. The lowest BCUT2D eigenvalue weighted by molar-refractivity contribution is 0.182. The zero-order chi connectivity index (χ0) is 21.7. The molecule has 0 aliphatic rings. The van der Waals surface area contributed by atoms with Gasteiger partial charge < -0.3 is 14.2 Å². The number of sulfone groups is 1. The molecular weight excluding hydrogens is 407 g/mol. The van der Waals surface area contributed by atoms with Crippen molar-refractivity contribution in [3.8, 4) is 11.5 Å². The van der Waals surface area contributed by atoms with E-state index in [-0.39, 0.29) is 22.0 Å². The fourth-order valence-corrected chi connectivity index (χ4v) is 4.92. The largest absolute Gasteiger partial charge is 0.493 e. The minimum Gasteiger partial charge on any atom is -0.493 e. The Kier molecular flexibility index (Phi) is 6.74. The van der Waals surface area contributed by atoms with Gasteiger partial charge >= 0.3 is 0 Å². The third-order valence-electron chi connectivity index (χ3n) is 4.57. The van der Waals surface area contributed by atoms with Crippen LogP contribution in [-0.2, 0) is 27.8 Å². The van der Waals surface area contributed by atoms with Crippen molar-refractivity contribution in [3.63, 3.8) is 0 Å². The second kappa shape index (κ2) is 9.28. The highest BCUT2D eigenvalue weighted by molar-refractivity contribution is 7.91. The summed E-state index contributed by atoms with van der Waals surface area (Å²) in [7, 11) is -1.06. The fourth-order valence-electron chi connectivity index (χ4n) is 3.23. The van der Waals surface area contributed by atoms with E-state index < -0.39 is 15.7 Å². The third kappa shape index (κ3) is 4.63. The van der Waals surface area contributed by atoms with Crippen LogP contribution in [0.4, 0.5) is 4.39 Å². The van der Waals surface area contributed by atoms with Crippen LogP contribution in [0.2, 0.25) is 0 Å². The average molecular weight is 430 g/mol. The van der Waals surface area contributed by atoms with Gasteiger partial charge in [-0.05, 0) is 47.9 Å². The Labute approximate surface area is 176 Å². The molecule has 0 heterocycles. The molecule has 158 valence electrons. The molecule has 3 aromatic carbocycles. The van der Waals surface area contributed by atoms with Gasteiger partial charge in [-0.2, -0.15) is 0 Å². The van der Waals surface area contributed by atoms with E-state index in [4.69, 9.17) is 14.2 Å². The summed E-state index contributed by atoms with van der Waals surface area (Å²) < 4.78 is 56.8. The number of aryl methyl sites for hydroxylation is 1. The van der Waals surface area contributed by atoms with Crippen LogP contribution in [0.3, 0.4) is 0 Å². The first-order valence-corrected chi connectivity index (χ1v) is 10.7. The van der Waals surface area contributed by atoms with Crippen molar-refractivity contribution in [2.45, 2.75) is 29.9 Å². The topological polar surface area (TPSA) is 61.8 Å². The van der Waals surface area contributed by atoms with Crippen molar-refractivity contribution in [2.75, 3.05) is 14.2 Å². The molecule has 0 fully saturated rings. The van der Waals surface area contributed by atoms with E-state index in [0.717, 1.165) is 5.56 Å². The molecule has 30 heavy (non-hydrogen) atoms. The number of benzene rings is 3. The molecule has 5 nitrogen and oxygen atoms in total. The Morgan fingerprint density at radius 1 is 0.900 bits per heavy atom. The summed E-state index contributed by atoms with van der Waals surface area (Å²) in [6, 6.07) is 16.4. The summed E-state index contributed by atoms with van der Waals surface area (Å²) in [4.78, 5) is 0.0595. The first kappa shape index (κ1) is 21.8. The number of hydrogen-bond donors (Lipinski definition) is 0. The highest BCUT2D eigenvalue weighted by Gasteiger charge is 2.26. The number of hydrogen-bond acceptors (Lipinski definition) is 5. The minimum absolute atomic E-state index is 0.0252. The van der Waals surface area contributed by atoms with Gasteiger partial charge in [0.25, 0.3) is 0 Å². The van der Waals surface area contributed by atoms with Gasteiger partial charge in [-0.1, -0.05) is 30.3 Å². The van der Waals surface area contributed by atoms with Crippen LogP contribution < -0.4 is 9.47 Å². The molecule has 0 aromatic heterocycles. The van der Waals surface area contributed by atoms with Crippen LogP contribution in [0.15, 0.2) is 70.5 Å². The number of halogens is 1. The summed E-state index contributed by atoms with van der Waals surface area (Å²) >= 11 is 0. The predicted octanol–water partition coefficient (Wildman–Crippen LogP) is 4.70. The van der Waals surface area contributed by atoms with Gasteiger partial charge in [-0.3, -0.25) is 0 Å². The Bertz CT molecular complexity index is 1130. The van der Waals surface area contributed by atoms with Gasteiger partial charge in [0.1, 0.15) is 12.4 Å².